The summed E-state index contributed by atoms with van der Waals surface area (Å²) in [5, 5.41) is 0. The molecule has 1 aliphatic heterocycles. The van der Waals surface area contributed by atoms with E-state index >= 15 is 0 Å². The van der Waals surface area contributed by atoms with Crippen molar-refractivity contribution in [2.45, 2.75) is 38.5 Å². The fraction of sp³-hybridized carbons (Fsp3) is 0.444. The molecular formula is C18H22FN3O3S. The van der Waals surface area contributed by atoms with E-state index in [1.807, 2.05) is 19.9 Å². The summed E-state index contributed by atoms with van der Waals surface area (Å²) in [7, 11) is -3.63. The van der Waals surface area contributed by atoms with Crippen LogP contribution in [0.4, 0.5) is 4.39 Å². The molecule has 26 heavy (non-hydrogen) atoms. The van der Waals surface area contributed by atoms with Crippen LogP contribution in [0.2, 0.25) is 0 Å². The Morgan fingerprint density at radius 2 is 1.92 bits per heavy atom. The van der Waals surface area contributed by atoms with E-state index in [0.717, 1.165) is 17.8 Å². The Morgan fingerprint density at radius 1 is 1.23 bits per heavy atom. The third kappa shape index (κ3) is 4.56. The molecule has 6 nitrogen and oxygen atoms in total. The van der Waals surface area contributed by atoms with E-state index < -0.39 is 15.8 Å². The summed E-state index contributed by atoms with van der Waals surface area (Å²) in [6.07, 6.45) is 1.08. The molecule has 0 amide bonds. The molecule has 1 aromatic carbocycles. The minimum atomic E-state index is -3.63. The molecule has 0 radical (unpaired) electrons. The predicted molar refractivity (Wildman–Crippen MR) is 95.8 cm³/mol. The Hall–Kier alpha value is -2.06. The average Bonchev–Trinajstić information content (AvgIpc) is 2.56. The van der Waals surface area contributed by atoms with Crippen LogP contribution in [0.5, 0.6) is 6.01 Å². The van der Waals surface area contributed by atoms with Crippen molar-refractivity contribution in [3.8, 4) is 6.01 Å². The summed E-state index contributed by atoms with van der Waals surface area (Å²) in [6, 6.07) is 8.05. The highest BCUT2D eigenvalue weighted by Crippen LogP contribution is 2.21. The van der Waals surface area contributed by atoms with E-state index in [0.29, 0.717) is 13.0 Å². The molecule has 2 aromatic rings. The topological polar surface area (TPSA) is 72.4 Å². The number of halogens is 1. The van der Waals surface area contributed by atoms with Crippen molar-refractivity contribution in [1.82, 2.24) is 14.3 Å². The van der Waals surface area contributed by atoms with Gasteiger partial charge in [-0.3, -0.25) is 0 Å². The number of aryl methyl sites for hydroxylation is 2. The molecule has 1 saturated heterocycles. The summed E-state index contributed by atoms with van der Waals surface area (Å²) >= 11 is 0. The number of ether oxygens (including phenoxy) is 1. The fourth-order valence-electron chi connectivity index (χ4n) is 3.05. The first-order valence-electron chi connectivity index (χ1n) is 8.54. The highest BCUT2D eigenvalue weighted by Gasteiger charge is 2.31. The first-order chi connectivity index (χ1) is 12.3. The summed E-state index contributed by atoms with van der Waals surface area (Å²) in [4.78, 5) is 8.49. The number of hydrogen-bond donors (Lipinski definition) is 0. The van der Waals surface area contributed by atoms with E-state index in [1.165, 1.54) is 16.4 Å². The fourth-order valence-corrected chi connectivity index (χ4v) is 4.66. The lowest BCUT2D eigenvalue weighted by molar-refractivity contribution is 0.118. The van der Waals surface area contributed by atoms with Crippen LogP contribution in [0.3, 0.4) is 0 Å². The van der Waals surface area contributed by atoms with Crippen molar-refractivity contribution in [3.05, 3.63) is 53.1 Å². The Kier molecular flexibility index (Phi) is 5.52. The number of hydrogen-bond acceptors (Lipinski definition) is 5. The second-order valence-corrected chi connectivity index (χ2v) is 8.49. The predicted octanol–water partition coefficient (Wildman–Crippen LogP) is 2.61. The molecule has 0 bridgehead atoms. The first-order valence-corrected chi connectivity index (χ1v) is 10.1. The van der Waals surface area contributed by atoms with E-state index in [1.54, 1.807) is 12.1 Å². The third-order valence-electron chi connectivity index (χ3n) is 4.26. The largest absolute Gasteiger partial charge is 0.459 e. The Balaban J connectivity index is 1.70. The SMILES string of the molecule is Cc1cc(C)nc(OC2CCCN(S(=O)(=O)Cc3ccccc3F)C2)n1. The number of nitrogens with zero attached hydrogens (tertiary/aromatic N) is 3. The van der Waals surface area contributed by atoms with Gasteiger partial charge >= 0.3 is 6.01 Å². The number of aromatic nitrogens is 2. The first kappa shape index (κ1) is 18.7. The van der Waals surface area contributed by atoms with Gasteiger partial charge in [0.1, 0.15) is 11.9 Å². The van der Waals surface area contributed by atoms with Crippen LogP contribution in [-0.2, 0) is 15.8 Å². The Morgan fingerprint density at radius 3 is 2.62 bits per heavy atom. The summed E-state index contributed by atoms with van der Waals surface area (Å²) in [5.41, 5.74) is 1.77. The summed E-state index contributed by atoms with van der Waals surface area (Å²) in [6.45, 7) is 4.33. The van der Waals surface area contributed by atoms with Crippen LogP contribution in [0, 0.1) is 19.7 Å². The number of benzene rings is 1. The number of piperidine rings is 1. The van der Waals surface area contributed by atoms with Crippen molar-refractivity contribution in [2.75, 3.05) is 13.1 Å². The summed E-state index contributed by atoms with van der Waals surface area (Å²) in [5.74, 6) is -0.864. The number of sulfonamides is 1. The van der Waals surface area contributed by atoms with Gasteiger partial charge in [0.05, 0.1) is 12.3 Å². The summed E-state index contributed by atoms with van der Waals surface area (Å²) < 4.78 is 46.4. The van der Waals surface area contributed by atoms with Crippen molar-refractivity contribution in [2.24, 2.45) is 0 Å². The molecule has 1 fully saturated rings. The minimum absolute atomic E-state index is 0.174. The molecule has 2 heterocycles. The highest BCUT2D eigenvalue weighted by atomic mass is 32.2. The highest BCUT2D eigenvalue weighted by molar-refractivity contribution is 7.88. The smallest absolute Gasteiger partial charge is 0.317 e. The van der Waals surface area contributed by atoms with Crippen molar-refractivity contribution in [1.29, 1.82) is 0 Å². The Labute approximate surface area is 153 Å². The lowest BCUT2D eigenvalue weighted by atomic mass is 10.1. The normalized spacial score (nSPS) is 18.7. The van der Waals surface area contributed by atoms with Crippen LogP contribution in [0.25, 0.3) is 0 Å². The van der Waals surface area contributed by atoms with Crippen molar-refractivity contribution in [3.63, 3.8) is 0 Å². The third-order valence-corrected chi connectivity index (χ3v) is 6.06. The maximum atomic E-state index is 13.8. The van der Waals surface area contributed by atoms with Gasteiger partial charge in [-0.1, -0.05) is 18.2 Å². The molecule has 0 aliphatic carbocycles. The van der Waals surface area contributed by atoms with E-state index in [9.17, 15) is 12.8 Å². The molecule has 0 spiro atoms. The lowest BCUT2D eigenvalue weighted by Gasteiger charge is -2.31. The molecule has 0 saturated carbocycles. The molecule has 140 valence electrons. The zero-order valence-corrected chi connectivity index (χ0v) is 15.7. The quantitative estimate of drug-likeness (QED) is 0.798. The van der Waals surface area contributed by atoms with Gasteiger partial charge < -0.3 is 4.74 Å². The van der Waals surface area contributed by atoms with Gasteiger partial charge in [-0.25, -0.2) is 22.8 Å². The van der Waals surface area contributed by atoms with Crippen LogP contribution >= 0.6 is 0 Å². The van der Waals surface area contributed by atoms with E-state index in [-0.39, 0.29) is 30.0 Å². The second-order valence-electron chi connectivity index (χ2n) is 6.52. The zero-order valence-electron chi connectivity index (χ0n) is 14.9. The minimum Gasteiger partial charge on any atom is -0.459 e. The maximum Gasteiger partial charge on any atom is 0.317 e. The average molecular weight is 379 g/mol. The molecule has 0 N–H and O–H groups in total. The lowest BCUT2D eigenvalue weighted by Crippen LogP contribution is -2.45. The van der Waals surface area contributed by atoms with Crippen molar-refractivity contribution < 1.29 is 17.5 Å². The molecule has 1 aromatic heterocycles. The number of rotatable bonds is 5. The molecule has 1 aliphatic rings. The van der Waals surface area contributed by atoms with Crippen LogP contribution < -0.4 is 4.74 Å². The van der Waals surface area contributed by atoms with Gasteiger partial charge in [0.15, 0.2) is 0 Å². The Bertz CT molecular complexity index is 869. The van der Waals surface area contributed by atoms with Crippen LogP contribution in [0.15, 0.2) is 30.3 Å². The van der Waals surface area contributed by atoms with Gasteiger partial charge in [0.2, 0.25) is 10.0 Å². The molecule has 8 heteroatoms. The maximum absolute atomic E-state index is 13.8. The molecule has 1 atom stereocenters. The standard InChI is InChI=1S/C18H22FN3O3S/c1-13-10-14(2)21-18(20-13)25-16-7-5-9-22(11-16)26(23,24)12-15-6-3-4-8-17(15)19/h3-4,6,8,10,16H,5,7,9,11-12H2,1-2H3. The molecular weight excluding hydrogens is 357 g/mol. The second kappa shape index (κ2) is 7.67. The van der Waals surface area contributed by atoms with E-state index in [4.69, 9.17) is 4.74 Å². The molecule has 1 unspecified atom stereocenters. The van der Waals surface area contributed by atoms with Crippen LogP contribution in [0.1, 0.15) is 29.8 Å². The van der Waals surface area contributed by atoms with Crippen LogP contribution in [-0.4, -0.2) is 41.9 Å². The van der Waals surface area contributed by atoms with Gasteiger partial charge in [-0.2, -0.15) is 4.31 Å². The van der Waals surface area contributed by atoms with Crippen molar-refractivity contribution >= 4 is 10.0 Å². The van der Waals surface area contributed by atoms with E-state index in [2.05, 4.69) is 9.97 Å². The monoisotopic (exact) mass is 379 g/mol. The van der Waals surface area contributed by atoms with Gasteiger partial charge in [-0.05, 0) is 38.8 Å². The van der Waals surface area contributed by atoms with Gasteiger partial charge in [0, 0.05) is 23.5 Å². The zero-order chi connectivity index (χ0) is 18.7. The molecule has 3 rings (SSSR count). The van der Waals surface area contributed by atoms with Gasteiger partial charge in [0.25, 0.3) is 0 Å². The van der Waals surface area contributed by atoms with Gasteiger partial charge in [-0.15, -0.1) is 0 Å².